The Hall–Kier alpha value is -2.73. The van der Waals surface area contributed by atoms with Gasteiger partial charge in [0.05, 0.1) is 16.4 Å². The summed E-state index contributed by atoms with van der Waals surface area (Å²) in [6.45, 7) is 7.83. The number of nitrogens with one attached hydrogen (secondary N) is 1. The molecule has 1 aliphatic rings. The number of hydrogen-bond donors (Lipinski definition) is 1. The van der Waals surface area contributed by atoms with Crippen molar-refractivity contribution in [3.8, 4) is 11.3 Å². The number of rotatable bonds is 3. The third kappa shape index (κ3) is 3.40. The van der Waals surface area contributed by atoms with Gasteiger partial charge in [-0.25, -0.2) is 15.0 Å². The maximum Gasteiger partial charge on any atom is 0.222 e. The number of halogens is 1. The first-order valence-electron chi connectivity index (χ1n) is 9.34. The lowest BCUT2D eigenvalue weighted by Gasteiger charge is -2.33. The zero-order valence-corrected chi connectivity index (χ0v) is 17.2. The molecule has 6 nitrogen and oxygen atoms in total. The summed E-state index contributed by atoms with van der Waals surface area (Å²) < 4.78 is 0. The number of fused-ring (bicyclic) bond motifs is 1. The molecule has 0 amide bonds. The molecule has 0 aromatic carbocycles. The minimum Gasteiger partial charge on any atom is -0.357 e. The largest absolute Gasteiger partial charge is 0.357 e. The molecule has 1 atom stereocenters. The summed E-state index contributed by atoms with van der Waals surface area (Å²) in [5.41, 5.74) is 6.26. The molecule has 0 fully saturated rings. The van der Waals surface area contributed by atoms with Crippen LogP contribution in [0.5, 0.6) is 0 Å². The van der Waals surface area contributed by atoms with E-state index in [1.807, 2.05) is 32.4 Å². The van der Waals surface area contributed by atoms with Gasteiger partial charge in [-0.1, -0.05) is 24.6 Å². The lowest BCUT2D eigenvalue weighted by molar-refractivity contribution is 0.612. The van der Waals surface area contributed by atoms with E-state index in [0.29, 0.717) is 11.0 Å². The smallest absolute Gasteiger partial charge is 0.222 e. The Morgan fingerprint density at radius 3 is 2.68 bits per heavy atom. The molecule has 0 saturated heterocycles. The number of pyridine rings is 2. The predicted octanol–water partition coefficient (Wildman–Crippen LogP) is 4.37. The average Bonchev–Trinajstić information content (AvgIpc) is 2.68. The third-order valence-corrected chi connectivity index (χ3v) is 5.38. The normalized spacial score (nSPS) is 16.0. The van der Waals surface area contributed by atoms with Crippen molar-refractivity contribution < 1.29 is 0 Å². The fourth-order valence-electron chi connectivity index (χ4n) is 3.73. The summed E-state index contributed by atoms with van der Waals surface area (Å²) in [6, 6.07) is 4.15. The highest BCUT2D eigenvalue weighted by atomic mass is 35.5. The fraction of sp³-hybridized carbons (Fsp3) is 0.333. The van der Waals surface area contributed by atoms with E-state index < -0.39 is 0 Å². The average molecular weight is 395 g/mol. The van der Waals surface area contributed by atoms with Crippen LogP contribution >= 0.6 is 11.6 Å². The van der Waals surface area contributed by atoms with Gasteiger partial charge in [0.15, 0.2) is 0 Å². The molecule has 4 rings (SSSR count). The van der Waals surface area contributed by atoms with Crippen LogP contribution in [0.1, 0.15) is 35.2 Å². The number of anilines is 2. The van der Waals surface area contributed by atoms with Crippen LogP contribution in [0.4, 0.5) is 11.8 Å². The van der Waals surface area contributed by atoms with E-state index in [-0.39, 0.29) is 5.92 Å². The van der Waals surface area contributed by atoms with Crippen LogP contribution in [-0.2, 0) is 6.54 Å². The molecule has 0 radical (unpaired) electrons. The molecule has 28 heavy (non-hydrogen) atoms. The Morgan fingerprint density at radius 1 is 1.11 bits per heavy atom. The lowest BCUT2D eigenvalue weighted by atomic mass is 9.97. The number of aryl methyl sites for hydroxylation is 2. The summed E-state index contributed by atoms with van der Waals surface area (Å²) in [5, 5.41) is 3.62. The first kappa shape index (κ1) is 18.6. The van der Waals surface area contributed by atoms with Crippen molar-refractivity contribution >= 4 is 23.4 Å². The van der Waals surface area contributed by atoms with Gasteiger partial charge in [-0.2, -0.15) is 0 Å². The summed E-state index contributed by atoms with van der Waals surface area (Å²) in [7, 11) is 1.84. The van der Waals surface area contributed by atoms with Crippen molar-refractivity contribution in [1.82, 2.24) is 19.9 Å². The Kier molecular flexibility index (Phi) is 4.89. The second kappa shape index (κ2) is 7.36. The highest BCUT2D eigenvalue weighted by Gasteiger charge is 2.26. The minimum atomic E-state index is 0.277. The summed E-state index contributed by atoms with van der Waals surface area (Å²) in [6.07, 6.45) is 5.49. The van der Waals surface area contributed by atoms with E-state index in [1.165, 1.54) is 0 Å². The monoisotopic (exact) mass is 394 g/mol. The number of nitrogens with zero attached hydrogens (tertiary/aromatic N) is 5. The highest BCUT2D eigenvalue weighted by Crippen LogP contribution is 2.34. The van der Waals surface area contributed by atoms with E-state index in [1.54, 1.807) is 6.20 Å². The van der Waals surface area contributed by atoms with Crippen molar-refractivity contribution in [2.24, 2.45) is 0 Å². The van der Waals surface area contributed by atoms with Crippen LogP contribution < -0.4 is 10.2 Å². The Bertz CT molecular complexity index is 1040. The highest BCUT2D eigenvalue weighted by molar-refractivity contribution is 6.33. The maximum absolute atomic E-state index is 6.48. The van der Waals surface area contributed by atoms with Crippen LogP contribution in [0, 0.1) is 13.8 Å². The van der Waals surface area contributed by atoms with Crippen molar-refractivity contribution in [1.29, 1.82) is 0 Å². The molecule has 0 bridgehead atoms. The quantitative estimate of drug-likeness (QED) is 0.711. The van der Waals surface area contributed by atoms with E-state index in [0.717, 1.165) is 52.5 Å². The molecular weight excluding hydrogens is 372 g/mol. The first-order valence-corrected chi connectivity index (χ1v) is 9.71. The molecule has 3 aromatic heterocycles. The van der Waals surface area contributed by atoms with Crippen molar-refractivity contribution in [2.75, 3.05) is 23.8 Å². The van der Waals surface area contributed by atoms with E-state index >= 15 is 0 Å². The Balaban J connectivity index is 1.70. The van der Waals surface area contributed by atoms with Crippen LogP contribution in [0.15, 0.2) is 30.7 Å². The second-order valence-corrected chi connectivity index (χ2v) is 7.74. The zero-order valence-electron chi connectivity index (χ0n) is 16.5. The van der Waals surface area contributed by atoms with Gasteiger partial charge in [0, 0.05) is 55.8 Å². The molecule has 1 unspecified atom stereocenters. The van der Waals surface area contributed by atoms with E-state index in [4.69, 9.17) is 11.6 Å². The molecule has 0 spiro atoms. The molecule has 7 heteroatoms. The van der Waals surface area contributed by atoms with Gasteiger partial charge >= 0.3 is 0 Å². The molecule has 1 aliphatic heterocycles. The van der Waals surface area contributed by atoms with Gasteiger partial charge in [-0.05, 0) is 31.0 Å². The molecule has 0 aliphatic carbocycles. The van der Waals surface area contributed by atoms with Gasteiger partial charge in [0.2, 0.25) is 5.95 Å². The van der Waals surface area contributed by atoms with Gasteiger partial charge in [-0.3, -0.25) is 4.98 Å². The molecule has 4 heterocycles. The van der Waals surface area contributed by atoms with Gasteiger partial charge < -0.3 is 10.2 Å². The van der Waals surface area contributed by atoms with Crippen LogP contribution in [0.2, 0.25) is 5.02 Å². The predicted molar refractivity (Wildman–Crippen MR) is 113 cm³/mol. The summed E-state index contributed by atoms with van der Waals surface area (Å²) >= 11 is 6.48. The van der Waals surface area contributed by atoms with Crippen LogP contribution in [0.25, 0.3) is 11.3 Å². The van der Waals surface area contributed by atoms with Crippen LogP contribution in [0.3, 0.4) is 0 Å². The SMILES string of the molecule is CNc1ncc2c(n1)C(C)CN(c1cc(-c3ncc(C)cc3C)c(Cl)cn1)C2. The molecule has 1 N–H and O–H groups in total. The first-order chi connectivity index (χ1) is 13.5. The molecular formula is C21H23ClN6. The van der Waals surface area contributed by atoms with Gasteiger partial charge in [0.1, 0.15) is 5.82 Å². The standard InChI is InChI=1S/C21H23ClN6/c1-12-5-13(2)20(25-7-12)16-6-18(24-9-17(16)22)28-10-14(3)19-15(11-28)8-26-21(23-4)27-19/h5-9,14H,10-11H2,1-4H3,(H,23,26,27). The summed E-state index contributed by atoms with van der Waals surface area (Å²) in [5.74, 6) is 1.82. The minimum absolute atomic E-state index is 0.277. The van der Waals surface area contributed by atoms with Crippen molar-refractivity contribution in [3.05, 3.63) is 58.1 Å². The maximum atomic E-state index is 6.48. The van der Waals surface area contributed by atoms with Crippen molar-refractivity contribution in [2.45, 2.75) is 33.2 Å². The lowest BCUT2D eigenvalue weighted by Crippen LogP contribution is -2.34. The van der Waals surface area contributed by atoms with Crippen molar-refractivity contribution in [3.63, 3.8) is 0 Å². The van der Waals surface area contributed by atoms with Gasteiger partial charge in [0.25, 0.3) is 0 Å². The second-order valence-electron chi connectivity index (χ2n) is 7.34. The number of hydrogen-bond acceptors (Lipinski definition) is 6. The zero-order chi connectivity index (χ0) is 19.8. The fourth-order valence-corrected chi connectivity index (χ4v) is 3.92. The van der Waals surface area contributed by atoms with Crippen LogP contribution in [-0.4, -0.2) is 33.5 Å². The van der Waals surface area contributed by atoms with E-state index in [2.05, 4.69) is 50.1 Å². The van der Waals surface area contributed by atoms with Gasteiger partial charge in [-0.15, -0.1) is 0 Å². The molecule has 3 aromatic rings. The Labute approximate surface area is 170 Å². The number of aromatic nitrogens is 4. The van der Waals surface area contributed by atoms with E-state index in [9.17, 15) is 0 Å². The third-order valence-electron chi connectivity index (χ3n) is 5.08. The summed E-state index contributed by atoms with van der Waals surface area (Å²) in [4.78, 5) is 20.5. The molecule has 0 saturated carbocycles. The Morgan fingerprint density at radius 2 is 1.93 bits per heavy atom. The molecule has 144 valence electrons. The topological polar surface area (TPSA) is 66.8 Å².